The number of aliphatic carboxylic acids is 1. The normalized spacial score (nSPS) is 10.6. The zero-order chi connectivity index (χ0) is 15.7. The van der Waals surface area contributed by atoms with Crippen LogP contribution in [0.5, 0.6) is 0 Å². The standard InChI is InChI=1S/C15H23N3O3/c1-11(2)14-12(9-16-10-18-14)15(21)17-8-6-4-3-5-7-13(19)20/h9-11H,3-8H2,1-2H3,(H,17,21)(H,19,20). The highest BCUT2D eigenvalue weighted by Gasteiger charge is 2.14. The molecule has 1 aromatic heterocycles. The van der Waals surface area contributed by atoms with E-state index in [2.05, 4.69) is 15.3 Å². The first-order chi connectivity index (χ1) is 10.0. The van der Waals surface area contributed by atoms with Crippen LogP contribution in [0.2, 0.25) is 0 Å². The van der Waals surface area contributed by atoms with E-state index in [1.807, 2.05) is 13.8 Å². The van der Waals surface area contributed by atoms with Gasteiger partial charge in [0.2, 0.25) is 0 Å². The molecule has 6 nitrogen and oxygen atoms in total. The zero-order valence-corrected chi connectivity index (χ0v) is 12.6. The van der Waals surface area contributed by atoms with E-state index in [1.165, 1.54) is 6.33 Å². The van der Waals surface area contributed by atoms with Gasteiger partial charge in [0.15, 0.2) is 0 Å². The van der Waals surface area contributed by atoms with E-state index in [1.54, 1.807) is 6.20 Å². The fourth-order valence-corrected chi connectivity index (χ4v) is 2.03. The number of carbonyl (C=O) groups is 2. The number of aromatic nitrogens is 2. The van der Waals surface area contributed by atoms with Crippen molar-refractivity contribution in [2.45, 2.75) is 51.9 Å². The highest BCUT2D eigenvalue weighted by Crippen LogP contribution is 2.15. The highest BCUT2D eigenvalue weighted by molar-refractivity contribution is 5.95. The second-order valence-corrected chi connectivity index (χ2v) is 5.29. The number of unbranched alkanes of at least 4 members (excludes halogenated alkanes) is 3. The van der Waals surface area contributed by atoms with E-state index in [-0.39, 0.29) is 18.2 Å². The maximum atomic E-state index is 12.1. The molecule has 0 aliphatic carbocycles. The van der Waals surface area contributed by atoms with Crippen LogP contribution in [0.1, 0.15) is 67.9 Å². The lowest BCUT2D eigenvalue weighted by Gasteiger charge is -2.10. The molecule has 116 valence electrons. The summed E-state index contributed by atoms with van der Waals surface area (Å²) in [4.78, 5) is 30.5. The van der Waals surface area contributed by atoms with E-state index in [0.717, 1.165) is 25.0 Å². The third-order valence-electron chi connectivity index (χ3n) is 3.14. The van der Waals surface area contributed by atoms with Crippen LogP contribution in [-0.4, -0.2) is 33.5 Å². The van der Waals surface area contributed by atoms with Gasteiger partial charge < -0.3 is 10.4 Å². The summed E-state index contributed by atoms with van der Waals surface area (Å²) >= 11 is 0. The Morgan fingerprint density at radius 3 is 2.62 bits per heavy atom. The summed E-state index contributed by atoms with van der Waals surface area (Å²) < 4.78 is 0. The summed E-state index contributed by atoms with van der Waals surface area (Å²) in [5, 5.41) is 11.4. The minimum Gasteiger partial charge on any atom is -0.481 e. The molecule has 1 amide bonds. The van der Waals surface area contributed by atoms with Gasteiger partial charge >= 0.3 is 5.97 Å². The van der Waals surface area contributed by atoms with E-state index < -0.39 is 5.97 Å². The van der Waals surface area contributed by atoms with Gasteiger partial charge in [0.05, 0.1) is 11.3 Å². The summed E-state index contributed by atoms with van der Waals surface area (Å²) in [5.41, 5.74) is 1.28. The molecule has 0 atom stereocenters. The van der Waals surface area contributed by atoms with Gasteiger partial charge in [0, 0.05) is 19.2 Å². The van der Waals surface area contributed by atoms with Gasteiger partial charge in [-0.1, -0.05) is 26.7 Å². The van der Waals surface area contributed by atoms with Crippen LogP contribution in [0, 0.1) is 0 Å². The minimum atomic E-state index is -0.756. The van der Waals surface area contributed by atoms with Crippen molar-refractivity contribution in [3.8, 4) is 0 Å². The number of amides is 1. The lowest BCUT2D eigenvalue weighted by molar-refractivity contribution is -0.137. The molecule has 6 heteroatoms. The number of carboxylic acids is 1. The lowest BCUT2D eigenvalue weighted by Crippen LogP contribution is -2.26. The molecule has 0 bridgehead atoms. The number of hydrogen-bond acceptors (Lipinski definition) is 4. The maximum absolute atomic E-state index is 12.1. The maximum Gasteiger partial charge on any atom is 0.303 e. The first kappa shape index (κ1) is 17.1. The number of hydrogen-bond donors (Lipinski definition) is 2. The number of nitrogens with zero attached hydrogens (tertiary/aromatic N) is 2. The predicted octanol–water partition coefficient (Wildman–Crippen LogP) is 2.36. The summed E-state index contributed by atoms with van der Waals surface area (Å²) in [7, 11) is 0. The van der Waals surface area contributed by atoms with Crippen LogP contribution in [0.4, 0.5) is 0 Å². The van der Waals surface area contributed by atoms with E-state index in [0.29, 0.717) is 18.5 Å². The number of carbonyl (C=O) groups excluding carboxylic acids is 1. The van der Waals surface area contributed by atoms with Gasteiger partial charge in [-0.05, 0) is 18.8 Å². The topological polar surface area (TPSA) is 92.2 Å². The van der Waals surface area contributed by atoms with Crippen LogP contribution >= 0.6 is 0 Å². The van der Waals surface area contributed by atoms with E-state index in [9.17, 15) is 9.59 Å². The Labute approximate surface area is 125 Å². The Balaban J connectivity index is 2.30. The van der Waals surface area contributed by atoms with Gasteiger partial charge in [-0.2, -0.15) is 0 Å². The third-order valence-corrected chi connectivity index (χ3v) is 3.14. The van der Waals surface area contributed by atoms with Crippen molar-refractivity contribution >= 4 is 11.9 Å². The smallest absolute Gasteiger partial charge is 0.303 e. The number of carboxylic acid groups (broad SMARTS) is 1. The van der Waals surface area contributed by atoms with Crippen molar-refractivity contribution in [2.24, 2.45) is 0 Å². The molecule has 0 radical (unpaired) electrons. The average molecular weight is 293 g/mol. The molecular formula is C15H23N3O3. The molecular weight excluding hydrogens is 270 g/mol. The Hall–Kier alpha value is -1.98. The molecule has 0 aromatic carbocycles. The SMILES string of the molecule is CC(C)c1ncncc1C(=O)NCCCCCCC(=O)O. The van der Waals surface area contributed by atoms with Crippen molar-refractivity contribution in [2.75, 3.05) is 6.54 Å². The summed E-state index contributed by atoms with van der Waals surface area (Å²) in [5.74, 6) is -0.733. The predicted molar refractivity (Wildman–Crippen MR) is 79.2 cm³/mol. The molecule has 0 fully saturated rings. The molecule has 1 aromatic rings. The Morgan fingerprint density at radius 2 is 1.95 bits per heavy atom. The Morgan fingerprint density at radius 1 is 1.24 bits per heavy atom. The fourth-order valence-electron chi connectivity index (χ4n) is 2.03. The van der Waals surface area contributed by atoms with Crippen molar-refractivity contribution in [3.05, 3.63) is 23.8 Å². The largest absolute Gasteiger partial charge is 0.481 e. The van der Waals surface area contributed by atoms with Gasteiger partial charge in [0.25, 0.3) is 5.91 Å². The van der Waals surface area contributed by atoms with Gasteiger partial charge in [0.1, 0.15) is 6.33 Å². The molecule has 1 rings (SSSR count). The monoisotopic (exact) mass is 293 g/mol. The first-order valence-electron chi connectivity index (χ1n) is 7.32. The van der Waals surface area contributed by atoms with Crippen LogP contribution in [0.25, 0.3) is 0 Å². The van der Waals surface area contributed by atoms with Crippen molar-refractivity contribution in [1.29, 1.82) is 0 Å². The molecule has 0 saturated carbocycles. The number of nitrogens with one attached hydrogen (secondary N) is 1. The highest BCUT2D eigenvalue weighted by atomic mass is 16.4. The lowest BCUT2D eigenvalue weighted by atomic mass is 10.0. The summed E-state index contributed by atoms with van der Waals surface area (Å²) in [6, 6.07) is 0. The molecule has 0 spiro atoms. The second kappa shape index (κ2) is 9.05. The molecule has 0 aliphatic heterocycles. The molecule has 1 heterocycles. The van der Waals surface area contributed by atoms with Crippen molar-refractivity contribution < 1.29 is 14.7 Å². The fraction of sp³-hybridized carbons (Fsp3) is 0.600. The molecule has 2 N–H and O–H groups in total. The Kier molecular flexibility index (Phi) is 7.36. The van der Waals surface area contributed by atoms with E-state index in [4.69, 9.17) is 5.11 Å². The second-order valence-electron chi connectivity index (χ2n) is 5.29. The van der Waals surface area contributed by atoms with Crippen molar-refractivity contribution in [3.63, 3.8) is 0 Å². The zero-order valence-electron chi connectivity index (χ0n) is 12.6. The molecule has 0 unspecified atom stereocenters. The van der Waals surface area contributed by atoms with Gasteiger partial charge in [-0.3, -0.25) is 9.59 Å². The minimum absolute atomic E-state index is 0.148. The summed E-state index contributed by atoms with van der Waals surface area (Å²) in [6.45, 7) is 4.56. The van der Waals surface area contributed by atoms with Crippen LogP contribution < -0.4 is 5.32 Å². The van der Waals surface area contributed by atoms with Crippen LogP contribution in [0.15, 0.2) is 12.5 Å². The molecule has 0 saturated heterocycles. The summed E-state index contributed by atoms with van der Waals surface area (Å²) in [6.07, 6.45) is 6.53. The molecule has 0 aliphatic rings. The van der Waals surface area contributed by atoms with Crippen molar-refractivity contribution in [1.82, 2.24) is 15.3 Å². The van der Waals surface area contributed by atoms with Gasteiger partial charge in [-0.25, -0.2) is 9.97 Å². The average Bonchev–Trinajstić information content (AvgIpc) is 2.45. The third kappa shape index (κ3) is 6.33. The first-order valence-corrected chi connectivity index (χ1v) is 7.32. The van der Waals surface area contributed by atoms with E-state index >= 15 is 0 Å². The number of rotatable bonds is 9. The van der Waals surface area contributed by atoms with Gasteiger partial charge in [-0.15, -0.1) is 0 Å². The Bertz CT molecular complexity index is 475. The van der Waals surface area contributed by atoms with Crippen LogP contribution in [-0.2, 0) is 4.79 Å². The van der Waals surface area contributed by atoms with Crippen LogP contribution in [0.3, 0.4) is 0 Å². The molecule has 21 heavy (non-hydrogen) atoms. The quantitative estimate of drug-likeness (QED) is 0.682.